The van der Waals surface area contributed by atoms with Crippen LogP contribution in [-0.2, 0) is 10.2 Å². The number of aryl methyl sites for hydroxylation is 1. The maximum Gasteiger partial charge on any atom is 0.410 e. The summed E-state index contributed by atoms with van der Waals surface area (Å²) >= 11 is 0. The zero-order chi connectivity index (χ0) is 17.1. The normalized spacial score (nSPS) is 17.4. The van der Waals surface area contributed by atoms with E-state index in [0.29, 0.717) is 19.5 Å². The lowest BCUT2D eigenvalue weighted by atomic mass is 9.71. The summed E-state index contributed by atoms with van der Waals surface area (Å²) in [6.45, 7) is 8.95. The van der Waals surface area contributed by atoms with Crippen molar-refractivity contribution in [3.63, 3.8) is 0 Å². The van der Waals surface area contributed by atoms with Crippen LogP contribution in [0.5, 0.6) is 0 Å². The van der Waals surface area contributed by atoms with Crippen LogP contribution in [0.3, 0.4) is 0 Å². The Balaban J connectivity index is 2.11. The molecule has 4 nitrogen and oxygen atoms in total. The van der Waals surface area contributed by atoms with Gasteiger partial charge in [0.25, 0.3) is 0 Å². The minimum atomic E-state index is -0.477. The highest BCUT2D eigenvalue weighted by Crippen LogP contribution is 2.38. The van der Waals surface area contributed by atoms with Gasteiger partial charge in [-0.05, 0) is 46.1 Å². The lowest BCUT2D eigenvalue weighted by Gasteiger charge is -2.41. The molecule has 1 aromatic rings. The Labute approximate surface area is 139 Å². The predicted molar refractivity (Wildman–Crippen MR) is 90.1 cm³/mol. The zero-order valence-corrected chi connectivity index (χ0v) is 14.6. The number of likely N-dealkylation sites (tertiary alicyclic amines) is 1. The molecule has 0 aliphatic carbocycles. The van der Waals surface area contributed by atoms with Crippen LogP contribution in [0.15, 0.2) is 24.3 Å². The first-order chi connectivity index (χ1) is 10.8. The lowest BCUT2D eigenvalue weighted by Crippen LogP contribution is -2.46. The van der Waals surface area contributed by atoms with Gasteiger partial charge in [0.2, 0.25) is 0 Å². The molecule has 0 atom stereocenters. The molecule has 0 N–H and O–H groups in total. The molecule has 0 aromatic heterocycles. The number of amides is 1. The predicted octanol–water partition coefficient (Wildman–Crippen LogP) is 4.18. The molecule has 1 aliphatic heterocycles. The molecule has 0 saturated carbocycles. The highest BCUT2D eigenvalue weighted by molar-refractivity contribution is 5.68. The minimum Gasteiger partial charge on any atom is -0.444 e. The van der Waals surface area contributed by atoms with Gasteiger partial charge in [0.1, 0.15) is 5.60 Å². The van der Waals surface area contributed by atoms with E-state index in [2.05, 4.69) is 37.3 Å². The number of piperidine rings is 1. The third-order valence-corrected chi connectivity index (χ3v) is 4.45. The van der Waals surface area contributed by atoms with Crippen LogP contribution in [0.4, 0.5) is 4.79 Å². The van der Waals surface area contributed by atoms with Crippen molar-refractivity contribution in [1.82, 2.24) is 4.90 Å². The first-order valence-electron chi connectivity index (χ1n) is 8.18. The zero-order valence-electron chi connectivity index (χ0n) is 14.6. The molecular weight excluding hydrogens is 288 g/mol. The number of benzene rings is 1. The number of rotatable bonds is 2. The molecule has 0 spiro atoms. The van der Waals surface area contributed by atoms with Crippen LogP contribution in [0.1, 0.15) is 51.2 Å². The molecule has 1 fully saturated rings. The smallest absolute Gasteiger partial charge is 0.410 e. The maximum atomic E-state index is 12.2. The molecule has 23 heavy (non-hydrogen) atoms. The Morgan fingerprint density at radius 2 is 1.83 bits per heavy atom. The third kappa shape index (κ3) is 4.25. The molecule has 4 heteroatoms. The van der Waals surface area contributed by atoms with Gasteiger partial charge >= 0.3 is 6.09 Å². The molecule has 0 unspecified atom stereocenters. The first-order valence-corrected chi connectivity index (χ1v) is 8.18. The summed E-state index contributed by atoms with van der Waals surface area (Å²) in [6, 6.07) is 10.8. The number of nitrogens with zero attached hydrogens (tertiary/aromatic N) is 2. The lowest BCUT2D eigenvalue weighted by molar-refractivity contribution is 0.0165. The summed E-state index contributed by atoms with van der Waals surface area (Å²) in [6.07, 6.45) is 1.82. The van der Waals surface area contributed by atoms with Gasteiger partial charge in [-0.15, -0.1) is 0 Å². The van der Waals surface area contributed by atoms with E-state index in [1.807, 2.05) is 20.8 Å². The Bertz CT molecular complexity index is 585. The van der Waals surface area contributed by atoms with Crippen LogP contribution < -0.4 is 0 Å². The summed E-state index contributed by atoms with van der Waals surface area (Å²) in [5.74, 6) is 0. The fourth-order valence-electron chi connectivity index (χ4n) is 3.07. The molecule has 1 saturated heterocycles. The second kappa shape index (κ2) is 6.62. The van der Waals surface area contributed by atoms with E-state index in [1.165, 1.54) is 11.1 Å². The number of nitriles is 1. The van der Waals surface area contributed by atoms with Gasteiger partial charge in [0.15, 0.2) is 0 Å². The van der Waals surface area contributed by atoms with Crippen molar-refractivity contribution in [3.8, 4) is 6.07 Å². The molecule has 2 rings (SSSR count). The van der Waals surface area contributed by atoms with E-state index in [-0.39, 0.29) is 11.5 Å². The Hall–Kier alpha value is -2.02. The second-order valence-corrected chi connectivity index (χ2v) is 7.45. The number of carbonyl (C=O) groups excluding carboxylic acids is 1. The first kappa shape index (κ1) is 17.3. The maximum absolute atomic E-state index is 12.2. The Morgan fingerprint density at radius 1 is 1.26 bits per heavy atom. The molecule has 0 radical (unpaired) electrons. The van der Waals surface area contributed by atoms with Crippen LogP contribution in [0.25, 0.3) is 0 Å². The molecular formula is C19H26N2O2. The summed E-state index contributed by atoms with van der Waals surface area (Å²) in [5.41, 5.74) is 1.79. The van der Waals surface area contributed by atoms with E-state index in [9.17, 15) is 10.1 Å². The van der Waals surface area contributed by atoms with Crippen molar-refractivity contribution in [2.24, 2.45) is 0 Å². The van der Waals surface area contributed by atoms with Gasteiger partial charge in [0, 0.05) is 24.9 Å². The number of ether oxygens (including phenoxy) is 1. The molecule has 1 aromatic carbocycles. The fourth-order valence-corrected chi connectivity index (χ4v) is 3.07. The van der Waals surface area contributed by atoms with Crippen molar-refractivity contribution in [2.75, 3.05) is 13.1 Å². The molecule has 1 amide bonds. The third-order valence-electron chi connectivity index (χ3n) is 4.45. The largest absolute Gasteiger partial charge is 0.444 e. The van der Waals surface area contributed by atoms with Gasteiger partial charge in [-0.2, -0.15) is 5.26 Å². The van der Waals surface area contributed by atoms with Gasteiger partial charge in [0.05, 0.1) is 6.07 Å². The van der Waals surface area contributed by atoms with Crippen LogP contribution >= 0.6 is 0 Å². The standard InChI is InChI=1S/C19H26N2O2/c1-15-5-7-16(8-6-15)19(9-12-20)10-13-21(14-11-19)17(22)23-18(2,3)4/h5-8H,9-11,13-14H2,1-4H3. The highest BCUT2D eigenvalue weighted by Gasteiger charge is 2.38. The van der Waals surface area contributed by atoms with Gasteiger partial charge < -0.3 is 9.64 Å². The Morgan fingerprint density at radius 3 is 2.30 bits per heavy atom. The van der Waals surface area contributed by atoms with Crippen molar-refractivity contribution in [1.29, 1.82) is 5.26 Å². The van der Waals surface area contributed by atoms with Crippen molar-refractivity contribution >= 4 is 6.09 Å². The van der Waals surface area contributed by atoms with Crippen molar-refractivity contribution in [2.45, 2.75) is 58.0 Å². The quantitative estimate of drug-likeness (QED) is 0.823. The monoisotopic (exact) mass is 314 g/mol. The topological polar surface area (TPSA) is 53.3 Å². The summed E-state index contributed by atoms with van der Waals surface area (Å²) in [7, 11) is 0. The fraction of sp³-hybridized carbons (Fsp3) is 0.579. The molecule has 0 bridgehead atoms. The minimum absolute atomic E-state index is 0.152. The molecule has 124 valence electrons. The molecule has 1 heterocycles. The van der Waals surface area contributed by atoms with E-state index >= 15 is 0 Å². The van der Waals surface area contributed by atoms with Gasteiger partial charge in [-0.25, -0.2) is 4.79 Å². The van der Waals surface area contributed by atoms with Gasteiger partial charge in [-0.3, -0.25) is 0 Å². The average Bonchev–Trinajstić information content (AvgIpc) is 2.47. The SMILES string of the molecule is Cc1ccc(C2(CC#N)CCN(C(=O)OC(C)(C)C)CC2)cc1. The van der Waals surface area contributed by atoms with Gasteiger partial charge in [-0.1, -0.05) is 29.8 Å². The second-order valence-electron chi connectivity index (χ2n) is 7.45. The number of hydrogen-bond acceptors (Lipinski definition) is 3. The number of hydrogen-bond donors (Lipinski definition) is 0. The van der Waals surface area contributed by atoms with E-state index in [1.54, 1.807) is 4.90 Å². The Kier molecular flexibility index (Phi) is 4.99. The molecule has 1 aliphatic rings. The van der Waals surface area contributed by atoms with E-state index in [4.69, 9.17) is 4.74 Å². The summed E-state index contributed by atoms with van der Waals surface area (Å²) in [4.78, 5) is 14.0. The number of carbonyl (C=O) groups is 1. The van der Waals surface area contributed by atoms with E-state index < -0.39 is 5.60 Å². The van der Waals surface area contributed by atoms with Crippen LogP contribution in [-0.4, -0.2) is 29.7 Å². The summed E-state index contributed by atoms with van der Waals surface area (Å²) < 4.78 is 5.45. The van der Waals surface area contributed by atoms with Crippen LogP contribution in [0.2, 0.25) is 0 Å². The summed E-state index contributed by atoms with van der Waals surface area (Å²) in [5, 5.41) is 9.27. The highest BCUT2D eigenvalue weighted by atomic mass is 16.6. The average molecular weight is 314 g/mol. The van der Waals surface area contributed by atoms with Crippen molar-refractivity contribution < 1.29 is 9.53 Å². The van der Waals surface area contributed by atoms with E-state index in [0.717, 1.165) is 12.8 Å². The van der Waals surface area contributed by atoms with Crippen molar-refractivity contribution in [3.05, 3.63) is 35.4 Å². The van der Waals surface area contributed by atoms with Crippen LogP contribution in [0, 0.1) is 18.3 Å².